The van der Waals surface area contributed by atoms with E-state index in [9.17, 15) is 9.18 Å². The normalized spacial score (nSPS) is 10.8. The van der Waals surface area contributed by atoms with Crippen LogP contribution in [0.25, 0.3) is 0 Å². The van der Waals surface area contributed by atoms with E-state index in [0.717, 1.165) is 0 Å². The molecule has 3 nitrogen and oxygen atoms in total. The summed E-state index contributed by atoms with van der Waals surface area (Å²) in [6.07, 6.45) is 1.55. The van der Waals surface area contributed by atoms with Crippen LogP contribution in [0.5, 0.6) is 0 Å². The Kier molecular flexibility index (Phi) is 5.31. The average molecular weight is 325 g/mol. The highest BCUT2D eigenvalue weighted by atomic mass is 35.5. The SMILES string of the molecule is O=C(Cc1ccc(F)cc1)NN=Cc1ccc(Cl)cc1Cl. The second-order valence-electron chi connectivity index (χ2n) is 4.26. The van der Waals surface area contributed by atoms with Gasteiger partial charge in [-0.15, -0.1) is 0 Å². The van der Waals surface area contributed by atoms with Crippen LogP contribution in [0.1, 0.15) is 11.1 Å². The molecular formula is C15H11Cl2FN2O. The van der Waals surface area contributed by atoms with E-state index in [4.69, 9.17) is 23.2 Å². The van der Waals surface area contributed by atoms with E-state index in [0.29, 0.717) is 21.2 Å². The van der Waals surface area contributed by atoms with Crippen LogP contribution in [0.3, 0.4) is 0 Å². The Balaban J connectivity index is 1.91. The monoisotopic (exact) mass is 324 g/mol. The first-order valence-electron chi connectivity index (χ1n) is 6.06. The van der Waals surface area contributed by atoms with E-state index < -0.39 is 0 Å². The largest absolute Gasteiger partial charge is 0.273 e. The zero-order chi connectivity index (χ0) is 15.2. The molecule has 0 aliphatic carbocycles. The first kappa shape index (κ1) is 15.5. The number of hydrazone groups is 1. The van der Waals surface area contributed by atoms with Gasteiger partial charge in [-0.05, 0) is 29.8 Å². The lowest BCUT2D eigenvalue weighted by atomic mass is 10.1. The van der Waals surface area contributed by atoms with Crippen LogP contribution in [-0.4, -0.2) is 12.1 Å². The van der Waals surface area contributed by atoms with Gasteiger partial charge in [0.25, 0.3) is 0 Å². The predicted octanol–water partition coefficient (Wildman–Crippen LogP) is 3.83. The van der Waals surface area contributed by atoms with Gasteiger partial charge in [0.1, 0.15) is 5.82 Å². The summed E-state index contributed by atoms with van der Waals surface area (Å²) in [4.78, 5) is 11.7. The van der Waals surface area contributed by atoms with Crippen LogP contribution in [0, 0.1) is 5.82 Å². The Bertz CT molecular complexity index is 672. The number of amides is 1. The Morgan fingerprint density at radius 2 is 1.90 bits per heavy atom. The van der Waals surface area contributed by atoms with Gasteiger partial charge in [0.05, 0.1) is 17.7 Å². The molecular weight excluding hydrogens is 314 g/mol. The fourth-order valence-electron chi connectivity index (χ4n) is 1.61. The fourth-order valence-corrected chi connectivity index (χ4v) is 2.06. The summed E-state index contributed by atoms with van der Waals surface area (Å²) in [5.41, 5.74) is 3.73. The molecule has 0 unspecified atom stereocenters. The van der Waals surface area contributed by atoms with E-state index in [1.807, 2.05) is 0 Å². The lowest BCUT2D eigenvalue weighted by molar-refractivity contribution is -0.120. The number of benzene rings is 2. The third-order valence-electron chi connectivity index (χ3n) is 2.63. The maximum Gasteiger partial charge on any atom is 0.244 e. The Hall–Kier alpha value is -1.91. The summed E-state index contributed by atoms with van der Waals surface area (Å²) in [6, 6.07) is 10.7. The molecule has 2 rings (SSSR count). The van der Waals surface area contributed by atoms with Crippen LogP contribution in [-0.2, 0) is 11.2 Å². The summed E-state index contributed by atoms with van der Waals surface area (Å²) < 4.78 is 12.7. The molecule has 0 bridgehead atoms. The highest BCUT2D eigenvalue weighted by Crippen LogP contribution is 2.19. The second-order valence-corrected chi connectivity index (χ2v) is 5.11. The molecule has 0 spiro atoms. The minimum atomic E-state index is -0.338. The molecule has 2 aromatic rings. The topological polar surface area (TPSA) is 41.5 Å². The number of nitrogens with one attached hydrogen (secondary N) is 1. The first-order valence-corrected chi connectivity index (χ1v) is 6.81. The maximum atomic E-state index is 12.7. The van der Waals surface area contributed by atoms with E-state index in [1.165, 1.54) is 18.3 Å². The van der Waals surface area contributed by atoms with Crippen molar-refractivity contribution in [2.24, 2.45) is 5.10 Å². The van der Waals surface area contributed by atoms with E-state index in [1.54, 1.807) is 30.3 Å². The Labute approximate surface area is 131 Å². The third kappa shape index (κ3) is 4.85. The molecule has 108 valence electrons. The second kappa shape index (κ2) is 7.20. The van der Waals surface area contributed by atoms with Gasteiger partial charge < -0.3 is 0 Å². The molecule has 0 aliphatic rings. The van der Waals surface area contributed by atoms with Crippen LogP contribution in [0.2, 0.25) is 10.0 Å². The summed E-state index contributed by atoms with van der Waals surface area (Å²) in [5.74, 6) is -0.641. The molecule has 0 atom stereocenters. The molecule has 0 saturated heterocycles. The maximum absolute atomic E-state index is 12.7. The lowest BCUT2D eigenvalue weighted by Crippen LogP contribution is -2.19. The van der Waals surface area contributed by atoms with Gasteiger partial charge in [0.15, 0.2) is 0 Å². The molecule has 0 radical (unpaired) electrons. The highest BCUT2D eigenvalue weighted by Gasteiger charge is 2.03. The van der Waals surface area contributed by atoms with Gasteiger partial charge in [0, 0.05) is 10.6 Å². The minimum Gasteiger partial charge on any atom is -0.273 e. The molecule has 0 heterocycles. The van der Waals surface area contributed by atoms with Crippen LogP contribution in [0.4, 0.5) is 4.39 Å². The van der Waals surface area contributed by atoms with E-state index in [-0.39, 0.29) is 18.1 Å². The molecule has 0 aromatic heterocycles. The molecule has 1 N–H and O–H groups in total. The Morgan fingerprint density at radius 1 is 1.19 bits per heavy atom. The van der Waals surface area contributed by atoms with Gasteiger partial charge in [0.2, 0.25) is 5.91 Å². The molecule has 21 heavy (non-hydrogen) atoms. The van der Waals surface area contributed by atoms with Crippen molar-refractivity contribution in [3.05, 3.63) is 69.5 Å². The lowest BCUT2D eigenvalue weighted by Gasteiger charge is -2.01. The molecule has 1 amide bonds. The number of halogens is 3. The van der Waals surface area contributed by atoms with Crippen molar-refractivity contribution in [2.45, 2.75) is 6.42 Å². The first-order chi connectivity index (χ1) is 10.0. The van der Waals surface area contributed by atoms with Crippen LogP contribution in [0.15, 0.2) is 47.6 Å². The average Bonchev–Trinajstić information content (AvgIpc) is 2.44. The van der Waals surface area contributed by atoms with Gasteiger partial charge in [-0.1, -0.05) is 41.4 Å². The van der Waals surface area contributed by atoms with Crippen molar-refractivity contribution in [1.82, 2.24) is 5.43 Å². The number of hydrogen-bond donors (Lipinski definition) is 1. The van der Waals surface area contributed by atoms with Crippen molar-refractivity contribution in [3.63, 3.8) is 0 Å². The molecule has 0 saturated carbocycles. The zero-order valence-electron chi connectivity index (χ0n) is 10.8. The van der Waals surface area contributed by atoms with Crippen molar-refractivity contribution >= 4 is 35.3 Å². The summed E-state index contributed by atoms with van der Waals surface area (Å²) in [7, 11) is 0. The smallest absolute Gasteiger partial charge is 0.244 e. The van der Waals surface area contributed by atoms with Crippen molar-refractivity contribution in [3.8, 4) is 0 Å². The molecule has 6 heteroatoms. The van der Waals surface area contributed by atoms with E-state index >= 15 is 0 Å². The number of nitrogens with zero attached hydrogens (tertiary/aromatic N) is 1. The standard InChI is InChI=1S/C15H11Cl2FN2O/c16-12-4-3-11(14(17)8-12)9-19-20-15(21)7-10-1-5-13(18)6-2-10/h1-6,8-9H,7H2,(H,20,21). The zero-order valence-corrected chi connectivity index (χ0v) is 12.3. The number of rotatable bonds is 4. The van der Waals surface area contributed by atoms with Gasteiger partial charge in [-0.3, -0.25) is 4.79 Å². The predicted molar refractivity (Wildman–Crippen MR) is 82.3 cm³/mol. The van der Waals surface area contributed by atoms with Crippen LogP contribution < -0.4 is 5.43 Å². The minimum absolute atomic E-state index is 0.117. The van der Waals surface area contributed by atoms with Crippen molar-refractivity contribution in [2.75, 3.05) is 0 Å². The summed E-state index contributed by atoms with van der Waals surface area (Å²) >= 11 is 11.7. The number of carbonyl (C=O) groups is 1. The van der Waals surface area contributed by atoms with Gasteiger partial charge in [-0.25, -0.2) is 9.82 Å². The van der Waals surface area contributed by atoms with Crippen molar-refractivity contribution in [1.29, 1.82) is 0 Å². The number of carbonyl (C=O) groups excluding carboxylic acids is 1. The molecule has 0 aliphatic heterocycles. The molecule has 0 fully saturated rings. The third-order valence-corrected chi connectivity index (χ3v) is 3.20. The number of hydrogen-bond acceptors (Lipinski definition) is 2. The van der Waals surface area contributed by atoms with E-state index in [2.05, 4.69) is 10.5 Å². The summed E-state index contributed by atoms with van der Waals surface area (Å²) in [6.45, 7) is 0. The quantitative estimate of drug-likeness (QED) is 0.674. The summed E-state index contributed by atoms with van der Waals surface area (Å²) in [5, 5.41) is 4.79. The van der Waals surface area contributed by atoms with Gasteiger partial charge >= 0.3 is 0 Å². The molecule has 2 aromatic carbocycles. The van der Waals surface area contributed by atoms with Crippen LogP contribution >= 0.6 is 23.2 Å². The van der Waals surface area contributed by atoms with Gasteiger partial charge in [-0.2, -0.15) is 5.10 Å². The Morgan fingerprint density at radius 3 is 2.57 bits per heavy atom. The van der Waals surface area contributed by atoms with Crippen molar-refractivity contribution < 1.29 is 9.18 Å². The fraction of sp³-hybridized carbons (Fsp3) is 0.0667. The highest BCUT2D eigenvalue weighted by molar-refractivity contribution is 6.36.